The third kappa shape index (κ3) is 4.32. The molecule has 0 radical (unpaired) electrons. The number of aryl methyl sites for hydroxylation is 1. The summed E-state index contributed by atoms with van der Waals surface area (Å²) in [5.74, 6) is 0.0916. The molecule has 2 heterocycles. The SMILES string of the molecule is Cc1nc(COc2ccc(NC(=O)[C@@H]3CC[C@H](C(=O)O)O3)cc2)no1. The van der Waals surface area contributed by atoms with Gasteiger partial charge in [0, 0.05) is 12.6 Å². The topological polar surface area (TPSA) is 124 Å². The summed E-state index contributed by atoms with van der Waals surface area (Å²) in [4.78, 5) is 27.0. The van der Waals surface area contributed by atoms with E-state index in [-0.39, 0.29) is 12.5 Å². The van der Waals surface area contributed by atoms with Crippen molar-refractivity contribution in [1.29, 1.82) is 0 Å². The average Bonchev–Trinajstić information content (AvgIpc) is 3.23. The first kappa shape index (κ1) is 16.9. The number of carbonyl (C=O) groups is 2. The van der Waals surface area contributed by atoms with Crippen LogP contribution in [-0.4, -0.2) is 39.3 Å². The fourth-order valence-electron chi connectivity index (χ4n) is 2.42. The Balaban J connectivity index is 1.50. The van der Waals surface area contributed by atoms with Crippen molar-refractivity contribution in [2.45, 2.75) is 38.6 Å². The van der Waals surface area contributed by atoms with Gasteiger partial charge in [-0.1, -0.05) is 5.16 Å². The first-order chi connectivity index (χ1) is 12.0. The lowest BCUT2D eigenvalue weighted by atomic mass is 10.2. The molecule has 0 aliphatic carbocycles. The predicted molar refractivity (Wildman–Crippen MR) is 84.0 cm³/mol. The monoisotopic (exact) mass is 347 g/mol. The van der Waals surface area contributed by atoms with Gasteiger partial charge in [-0.2, -0.15) is 4.98 Å². The van der Waals surface area contributed by atoms with Gasteiger partial charge in [-0.25, -0.2) is 4.79 Å². The maximum absolute atomic E-state index is 12.1. The number of ether oxygens (including phenoxy) is 2. The number of carboxylic acids is 1. The molecule has 9 nitrogen and oxygen atoms in total. The Morgan fingerprint density at radius 3 is 2.60 bits per heavy atom. The largest absolute Gasteiger partial charge is 0.485 e. The lowest BCUT2D eigenvalue weighted by Crippen LogP contribution is -2.29. The van der Waals surface area contributed by atoms with Gasteiger partial charge in [0.1, 0.15) is 11.9 Å². The maximum atomic E-state index is 12.1. The summed E-state index contributed by atoms with van der Waals surface area (Å²) in [6.07, 6.45) is -0.956. The summed E-state index contributed by atoms with van der Waals surface area (Å²) < 4.78 is 15.6. The molecule has 0 saturated carbocycles. The number of aliphatic carboxylic acids is 1. The van der Waals surface area contributed by atoms with Gasteiger partial charge >= 0.3 is 5.97 Å². The first-order valence-corrected chi connectivity index (χ1v) is 7.72. The third-order valence-electron chi connectivity index (χ3n) is 3.65. The summed E-state index contributed by atoms with van der Waals surface area (Å²) in [5, 5.41) is 15.3. The van der Waals surface area contributed by atoms with Gasteiger partial charge in [-0.05, 0) is 37.1 Å². The molecule has 25 heavy (non-hydrogen) atoms. The van der Waals surface area contributed by atoms with Crippen molar-refractivity contribution in [3.8, 4) is 5.75 Å². The van der Waals surface area contributed by atoms with Crippen LogP contribution in [0.1, 0.15) is 24.6 Å². The highest BCUT2D eigenvalue weighted by Gasteiger charge is 2.34. The normalized spacial score (nSPS) is 19.6. The van der Waals surface area contributed by atoms with Crippen molar-refractivity contribution in [2.75, 3.05) is 5.32 Å². The van der Waals surface area contributed by atoms with Crippen LogP contribution in [0.4, 0.5) is 5.69 Å². The number of carbonyl (C=O) groups excluding carboxylic acids is 1. The van der Waals surface area contributed by atoms with E-state index in [1.165, 1.54) is 0 Å². The highest BCUT2D eigenvalue weighted by molar-refractivity contribution is 5.94. The summed E-state index contributed by atoms with van der Waals surface area (Å²) in [6, 6.07) is 6.74. The summed E-state index contributed by atoms with van der Waals surface area (Å²) in [5.41, 5.74) is 0.565. The van der Waals surface area contributed by atoms with Gasteiger partial charge in [0.25, 0.3) is 5.91 Å². The van der Waals surface area contributed by atoms with Crippen LogP contribution < -0.4 is 10.1 Å². The Kier molecular flexibility index (Phi) is 4.94. The van der Waals surface area contributed by atoms with Gasteiger partial charge in [-0.3, -0.25) is 4.79 Å². The number of aromatic nitrogens is 2. The van der Waals surface area contributed by atoms with Gasteiger partial charge in [0.15, 0.2) is 12.7 Å². The Morgan fingerprint density at radius 1 is 1.28 bits per heavy atom. The average molecular weight is 347 g/mol. The van der Waals surface area contributed by atoms with Crippen molar-refractivity contribution in [3.63, 3.8) is 0 Å². The molecule has 0 bridgehead atoms. The fourth-order valence-corrected chi connectivity index (χ4v) is 2.42. The van der Waals surface area contributed by atoms with Gasteiger partial charge in [0.2, 0.25) is 11.7 Å². The first-order valence-electron chi connectivity index (χ1n) is 7.72. The Hall–Kier alpha value is -2.94. The minimum absolute atomic E-state index is 0.176. The van der Waals surface area contributed by atoms with E-state index >= 15 is 0 Å². The second-order valence-corrected chi connectivity index (χ2v) is 5.56. The number of hydrogen-bond acceptors (Lipinski definition) is 7. The lowest BCUT2D eigenvalue weighted by molar-refractivity contribution is -0.150. The van der Waals surface area contributed by atoms with Crippen LogP contribution >= 0.6 is 0 Å². The van der Waals surface area contributed by atoms with Crippen molar-refractivity contribution < 1.29 is 28.7 Å². The van der Waals surface area contributed by atoms with Crippen LogP contribution in [0.5, 0.6) is 5.75 Å². The van der Waals surface area contributed by atoms with Crippen LogP contribution in [0.25, 0.3) is 0 Å². The van der Waals surface area contributed by atoms with Crippen molar-refractivity contribution in [3.05, 3.63) is 36.0 Å². The summed E-state index contributed by atoms with van der Waals surface area (Å²) >= 11 is 0. The van der Waals surface area contributed by atoms with Crippen LogP contribution in [0.15, 0.2) is 28.8 Å². The molecule has 1 amide bonds. The van der Waals surface area contributed by atoms with E-state index in [4.69, 9.17) is 19.1 Å². The van der Waals surface area contributed by atoms with Crippen molar-refractivity contribution in [2.24, 2.45) is 0 Å². The molecule has 3 rings (SSSR count). The number of rotatable bonds is 6. The van der Waals surface area contributed by atoms with Crippen LogP contribution in [0.3, 0.4) is 0 Å². The van der Waals surface area contributed by atoms with E-state index in [1.54, 1.807) is 31.2 Å². The highest BCUT2D eigenvalue weighted by Crippen LogP contribution is 2.22. The molecule has 2 atom stereocenters. The standard InChI is InChI=1S/C16H17N3O6/c1-9-17-14(19-25-9)8-23-11-4-2-10(3-5-11)18-15(20)12-6-7-13(24-12)16(21)22/h2-5,12-13H,6-8H2,1H3,(H,18,20)(H,21,22)/t12-,13+/m0/s1. The Morgan fingerprint density at radius 2 is 2.00 bits per heavy atom. The zero-order chi connectivity index (χ0) is 17.8. The fraction of sp³-hybridized carbons (Fsp3) is 0.375. The second kappa shape index (κ2) is 7.31. The number of hydrogen-bond donors (Lipinski definition) is 2. The van der Waals surface area contributed by atoms with Crippen LogP contribution in [0, 0.1) is 6.92 Å². The number of nitrogens with one attached hydrogen (secondary N) is 1. The van der Waals surface area contributed by atoms with Crippen molar-refractivity contribution >= 4 is 17.6 Å². The van der Waals surface area contributed by atoms with Gasteiger partial charge < -0.3 is 24.4 Å². The molecule has 132 valence electrons. The minimum Gasteiger partial charge on any atom is -0.485 e. The maximum Gasteiger partial charge on any atom is 0.332 e. The molecule has 1 fully saturated rings. The van der Waals surface area contributed by atoms with Gasteiger partial charge in [-0.15, -0.1) is 0 Å². The van der Waals surface area contributed by atoms with Gasteiger partial charge in [0.05, 0.1) is 0 Å². The molecule has 2 aromatic rings. The molecule has 9 heteroatoms. The second-order valence-electron chi connectivity index (χ2n) is 5.56. The molecule has 1 aliphatic heterocycles. The van der Waals surface area contributed by atoms with E-state index in [1.807, 2.05) is 0 Å². The molecular formula is C16H17N3O6. The molecule has 1 saturated heterocycles. The summed E-state index contributed by atoms with van der Waals surface area (Å²) in [6.45, 7) is 1.87. The zero-order valence-corrected chi connectivity index (χ0v) is 13.5. The number of carboxylic acid groups (broad SMARTS) is 1. The van der Waals surface area contributed by atoms with Crippen LogP contribution in [0.2, 0.25) is 0 Å². The lowest BCUT2D eigenvalue weighted by Gasteiger charge is -2.12. The molecule has 2 N–H and O–H groups in total. The van der Waals surface area contributed by atoms with E-state index in [9.17, 15) is 9.59 Å². The summed E-state index contributed by atoms with van der Waals surface area (Å²) in [7, 11) is 0. The predicted octanol–water partition coefficient (Wildman–Crippen LogP) is 1.53. The third-order valence-corrected chi connectivity index (χ3v) is 3.65. The van der Waals surface area contributed by atoms with Crippen LogP contribution in [-0.2, 0) is 20.9 Å². The number of nitrogens with zero attached hydrogens (tertiary/aromatic N) is 2. The molecule has 1 aliphatic rings. The quantitative estimate of drug-likeness (QED) is 0.806. The Bertz CT molecular complexity index is 757. The molecule has 0 unspecified atom stereocenters. The Labute approximate surface area is 142 Å². The van der Waals surface area contributed by atoms with Crippen molar-refractivity contribution in [1.82, 2.24) is 10.1 Å². The zero-order valence-electron chi connectivity index (χ0n) is 13.5. The van der Waals surface area contributed by atoms with E-state index < -0.39 is 18.2 Å². The number of anilines is 1. The molecule has 1 aromatic carbocycles. The smallest absolute Gasteiger partial charge is 0.332 e. The minimum atomic E-state index is -1.05. The van der Waals surface area contributed by atoms with E-state index in [0.29, 0.717) is 36.0 Å². The highest BCUT2D eigenvalue weighted by atomic mass is 16.5. The molecular weight excluding hydrogens is 330 g/mol. The molecule has 1 aromatic heterocycles. The number of amides is 1. The number of benzene rings is 1. The van der Waals surface area contributed by atoms with E-state index in [2.05, 4.69) is 15.5 Å². The molecule has 0 spiro atoms. The van der Waals surface area contributed by atoms with E-state index in [0.717, 1.165) is 0 Å².